The number of carboxylic acids is 1. The molecule has 6 N–H and O–H groups in total. The van der Waals surface area contributed by atoms with Gasteiger partial charge in [0.2, 0.25) is 17.6 Å². The number of methoxy groups -OCH3 is 3. The number of nitrogens with one attached hydrogen (secondary N) is 1. The molecule has 0 bridgehead atoms. The third kappa shape index (κ3) is 4.76. The number of aromatic nitrogens is 2. The highest BCUT2D eigenvalue weighted by Crippen LogP contribution is 2.42. The van der Waals surface area contributed by atoms with Gasteiger partial charge in [0, 0.05) is 17.5 Å². The van der Waals surface area contributed by atoms with E-state index in [9.17, 15) is 14.7 Å². The lowest BCUT2D eigenvalue weighted by atomic mass is 9.90. The van der Waals surface area contributed by atoms with E-state index >= 15 is 0 Å². The zero-order valence-electron chi connectivity index (χ0n) is 16.6. The minimum atomic E-state index is -1.23. The Bertz CT molecular complexity index is 916. The first-order chi connectivity index (χ1) is 14.3. The Balaban J connectivity index is 2.67. The number of benzene rings is 1. The van der Waals surface area contributed by atoms with Crippen molar-refractivity contribution in [3.05, 3.63) is 29.5 Å². The van der Waals surface area contributed by atoms with Gasteiger partial charge in [-0.05, 0) is 17.7 Å². The van der Waals surface area contributed by atoms with Gasteiger partial charge in [-0.15, -0.1) is 0 Å². The molecule has 0 fully saturated rings. The molecule has 1 aromatic carbocycles. The van der Waals surface area contributed by atoms with Crippen molar-refractivity contribution in [3.63, 3.8) is 0 Å². The average molecular weight is 437 g/mol. The fourth-order valence-corrected chi connectivity index (χ4v) is 3.07. The lowest BCUT2D eigenvalue weighted by molar-refractivity contribution is -0.141. The van der Waals surface area contributed by atoms with E-state index in [1.54, 1.807) is 12.1 Å². The summed E-state index contributed by atoms with van der Waals surface area (Å²) in [6.45, 7) is 0. The van der Waals surface area contributed by atoms with E-state index in [0.717, 1.165) is 0 Å². The van der Waals surface area contributed by atoms with Gasteiger partial charge in [0.25, 0.3) is 0 Å². The molecule has 0 spiro atoms. The molecule has 11 nitrogen and oxygen atoms in total. The number of thiol groups is 1. The van der Waals surface area contributed by atoms with Crippen molar-refractivity contribution in [2.45, 2.75) is 12.0 Å². The van der Waals surface area contributed by atoms with E-state index in [-0.39, 0.29) is 23.1 Å². The maximum Gasteiger partial charge on any atom is 0.327 e. The van der Waals surface area contributed by atoms with Crippen LogP contribution in [-0.4, -0.2) is 60.1 Å². The van der Waals surface area contributed by atoms with E-state index < -0.39 is 23.8 Å². The van der Waals surface area contributed by atoms with E-state index in [0.29, 0.717) is 22.8 Å². The number of aliphatic carboxylic acids is 1. The van der Waals surface area contributed by atoms with Crippen LogP contribution in [0.15, 0.2) is 18.3 Å². The first-order valence-corrected chi connectivity index (χ1v) is 9.22. The third-order valence-corrected chi connectivity index (χ3v) is 4.62. The Morgan fingerprint density at radius 1 is 1.17 bits per heavy atom. The number of carbonyl (C=O) groups excluding carboxylic acids is 1. The molecule has 0 aliphatic carbocycles. The Morgan fingerprint density at radius 2 is 1.77 bits per heavy atom. The molecule has 2 rings (SSSR count). The smallest absolute Gasteiger partial charge is 0.327 e. The number of nitrogens with two attached hydrogens (primary N) is 2. The van der Waals surface area contributed by atoms with Crippen molar-refractivity contribution in [1.82, 2.24) is 15.3 Å². The van der Waals surface area contributed by atoms with Crippen LogP contribution in [0.1, 0.15) is 17.0 Å². The first-order valence-electron chi connectivity index (χ1n) is 8.59. The van der Waals surface area contributed by atoms with Crippen LogP contribution in [-0.2, 0) is 9.59 Å². The summed E-state index contributed by atoms with van der Waals surface area (Å²) in [5.74, 6) is -2.30. The average Bonchev–Trinajstić information content (AvgIpc) is 2.72. The molecule has 2 aromatic rings. The van der Waals surface area contributed by atoms with Crippen LogP contribution in [0, 0.1) is 0 Å². The number of carbonyl (C=O) groups is 2. The van der Waals surface area contributed by atoms with Gasteiger partial charge in [-0.2, -0.15) is 17.6 Å². The van der Waals surface area contributed by atoms with Crippen LogP contribution in [0.25, 0.3) is 0 Å². The Labute approximate surface area is 178 Å². The van der Waals surface area contributed by atoms with Crippen LogP contribution >= 0.6 is 12.6 Å². The van der Waals surface area contributed by atoms with Gasteiger partial charge in [-0.25, -0.2) is 9.78 Å². The Hall–Kier alpha value is -3.41. The molecule has 1 amide bonds. The zero-order valence-corrected chi connectivity index (χ0v) is 17.5. The molecular weight excluding hydrogens is 414 g/mol. The molecule has 1 aromatic heterocycles. The summed E-state index contributed by atoms with van der Waals surface area (Å²) in [7, 11) is 4.30. The summed E-state index contributed by atoms with van der Waals surface area (Å²) in [5.41, 5.74) is 12.2. The minimum Gasteiger partial charge on any atom is -0.493 e. The lowest BCUT2D eigenvalue weighted by Gasteiger charge is -2.23. The minimum absolute atomic E-state index is 0.0332. The third-order valence-electron chi connectivity index (χ3n) is 4.26. The zero-order chi connectivity index (χ0) is 22.4. The predicted molar refractivity (Wildman–Crippen MR) is 112 cm³/mol. The van der Waals surface area contributed by atoms with Crippen LogP contribution in [0.3, 0.4) is 0 Å². The van der Waals surface area contributed by atoms with Gasteiger partial charge in [0.15, 0.2) is 11.5 Å². The quantitative estimate of drug-likeness (QED) is 0.343. The molecule has 0 saturated carbocycles. The van der Waals surface area contributed by atoms with E-state index in [2.05, 4.69) is 27.9 Å². The van der Waals surface area contributed by atoms with Crippen LogP contribution in [0.5, 0.6) is 17.2 Å². The molecule has 0 aliphatic rings. The molecular formula is C18H23N5O6S. The summed E-state index contributed by atoms with van der Waals surface area (Å²) in [6.07, 6.45) is 1.31. The van der Waals surface area contributed by atoms with E-state index in [1.807, 2.05) is 0 Å². The number of rotatable bonds is 9. The SMILES string of the molecule is COc1cc(C(C(=O)N[C@@H](CS)C(=O)O)c2cnc(N)nc2N)cc(OC)c1OC. The van der Waals surface area contributed by atoms with E-state index in [1.165, 1.54) is 27.5 Å². The highest BCUT2D eigenvalue weighted by molar-refractivity contribution is 7.80. The summed E-state index contributed by atoms with van der Waals surface area (Å²) in [5, 5.41) is 11.7. The standard InChI is InChI=1S/C18H23N5O6S/c1-27-11-4-8(5-12(28-2)14(11)29-3)13(9-6-21-18(20)23-15(9)19)16(24)22-10(7-30)17(25)26/h4-6,10,13,30H,7H2,1-3H3,(H,22,24)(H,25,26)(H4,19,20,21,23)/t10-,13?/m0/s1. The number of nitrogen functional groups attached to an aromatic ring is 2. The summed E-state index contributed by atoms with van der Waals surface area (Å²) >= 11 is 3.98. The predicted octanol–water partition coefficient (Wildman–Crippen LogP) is 0.298. The van der Waals surface area contributed by atoms with Crippen LogP contribution in [0.4, 0.5) is 11.8 Å². The highest BCUT2D eigenvalue weighted by Gasteiger charge is 2.31. The number of amides is 1. The van der Waals surface area contributed by atoms with Gasteiger partial charge >= 0.3 is 5.97 Å². The second-order valence-corrected chi connectivity index (χ2v) is 6.41. The monoisotopic (exact) mass is 437 g/mol. The van der Waals surface area contributed by atoms with Crippen molar-refractivity contribution in [1.29, 1.82) is 0 Å². The lowest BCUT2D eigenvalue weighted by Crippen LogP contribution is -2.44. The molecule has 0 radical (unpaired) electrons. The summed E-state index contributed by atoms with van der Waals surface area (Å²) in [4.78, 5) is 32.3. The van der Waals surface area contributed by atoms with E-state index in [4.69, 9.17) is 25.7 Å². The van der Waals surface area contributed by atoms with Crippen molar-refractivity contribution in [2.24, 2.45) is 0 Å². The second-order valence-electron chi connectivity index (χ2n) is 6.04. The molecule has 30 heavy (non-hydrogen) atoms. The van der Waals surface area contributed by atoms with Crippen molar-refractivity contribution in [2.75, 3.05) is 38.5 Å². The van der Waals surface area contributed by atoms with Gasteiger partial charge in [0.1, 0.15) is 11.9 Å². The number of carboxylic acid groups (broad SMARTS) is 1. The molecule has 162 valence electrons. The second kappa shape index (κ2) is 9.87. The Morgan fingerprint density at radius 3 is 2.20 bits per heavy atom. The molecule has 0 saturated heterocycles. The number of anilines is 2. The molecule has 1 heterocycles. The highest BCUT2D eigenvalue weighted by atomic mass is 32.1. The van der Waals surface area contributed by atoms with Crippen LogP contribution in [0.2, 0.25) is 0 Å². The summed E-state index contributed by atoms with van der Waals surface area (Å²) < 4.78 is 16.0. The van der Waals surface area contributed by atoms with Crippen molar-refractivity contribution < 1.29 is 28.9 Å². The number of hydrogen-bond donors (Lipinski definition) is 5. The van der Waals surface area contributed by atoms with Gasteiger partial charge in [-0.1, -0.05) is 0 Å². The van der Waals surface area contributed by atoms with Gasteiger partial charge in [0.05, 0.1) is 27.2 Å². The number of ether oxygens (including phenoxy) is 3. The number of hydrogen-bond acceptors (Lipinski definition) is 10. The topological polar surface area (TPSA) is 172 Å². The fourth-order valence-electron chi connectivity index (χ4n) is 2.82. The van der Waals surface area contributed by atoms with Crippen LogP contribution < -0.4 is 31.0 Å². The molecule has 2 atom stereocenters. The maximum absolute atomic E-state index is 13.1. The van der Waals surface area contributed by atoms with Gasteiger partial charge in [-0.3, -0.25) is 4.79 Å². The first kappa shape index (κ1) is 22.9. The van der Waals surface area contributed by atoms with Gasteiger partial charge < -0.3 is 36.1 Å². The van der Waals surface area contributed by atoms with Crippen molar-refractivity contribution in [3.8, 4) is 17.2 Å². The van der Waals surface area contributed by atoms with Crippen molar-refractivity contribution >= 4 is 36.3 Å². The summed E-state index contributed by atoms with van der Waals surface area (Å²) in [6, 6.07) is 1.89. The molecule has 1 unspecified atom stereocenters. The maximum atomic E-state index is 13.1. The fraction of sp³-hybridized carbons (Fsp3) is 0.333. The largest absolute Gasteiger partial charge is 0.493 e. The molecule has 12 heteroatoms. The number of nitrogens with zero attached hydrogens (tertiary/aromatic N) is 2. The Kier molecular flexibility index (Phi) is 7.53. The molecule has 0 aliphatic heterocycles. The normalized spacial score (nSPS) is 12.5.